The van der Waals surface area contributed by atoms with Crippen LogP contribution in [0, 0.1) is 6.92 Å². The number of carbonyl (C=O) groups excluding carboxylic acids is 3. The third kappa shape index (κ3) is 3.65. The van der Waals surface area contributed by atoms with Crippen LogP contribution in [-0.4, -0.2) is 31.1 Å². The first-order chi connectivity index (χ1) is 11.5. The third-order valence-corrected chi connectivity index (χ3v) is 3.88. The molecule has 0 unspecified atom stereocenters. The smallest absolute Gasteiger partial charge is 0.344 e. The Balaban J connectivity index is 2.43. The molecule has 0 aliphatic carbocycles. The van der Waals surface area contributed by atoms with Crippen molar-refractivity contribution in [3.63, 3.8) is 0 Å². The molecule has 0 fully saturated rings. The molecule has 0 spiro atoms. The van der Waals surface area contributed by atoms with Gasteiger partial charge in [0.05, 0.1) is 18.1 Å². The van der Waals surface area contributed by atoms with Gasteiger partial charge in [0.25, 0.3) is 5.91 Å². The van der Waals surface area contributed by atoms with Crippen molar-refractivity contribution in [3.8, 4) is 0 Å². The summed E-state index contributed by atoms with van der Waals surface area (Å²) < 4.78 is 15.3. The van der Waals surface area contributed by atoms with Crippen molar-refractivity contribution < 1.29 is 28.3 Å². The number of rotatable bonds is 6. The lowest BCUT2D eigenvalue weighted by Gasteiger charge is -2.06. The first-order valence-corrected chi connectivity index (χ1v) is 8.20. The van der Waals surface area contributed by atoms with Gasteiger partial charge in [-0.2, -0.15) is 0 Å². The average molecular weight is 351 g/mol. The number of anilines is 1. The second-order valence-corrected chi connectivity index (χ2v) is 5.56. The fourth-order valence-corrected chi connectivity index (χ4v) is 2.67. The maximum absolute atomic E-state index is 12.2. The molecule has 1 N–H and O–H groups in total. The van der Waals surface area contributed by atoms with Crippen molar-refractivity contribution in [1.29, 1.82) is 0 Å². The van der Waals surface area contributed by atoms with E-state index in [0.29, 0.717) is 4.88 Å². The SMILES string of the molecule is CCOC(=O)c1c(C)oc(NC(=O)c2cccs2)c1C(=O)OCC. The van der Waals surface area contributed by atoms with Crippen molar-refractivity contribution >= 4 is 35.1 Å². The van der Waals surface area contributed by atoms with Crippen LogP contribution in [0.5, 0.6) is 0 Å². The van der Waals surface area contributed by atoms with E-state index in [1.54, 1.807) is 31.4 Å². The second kappa shape index (κ2) is 7.78. The number of hydrogen-bond acceptors (Lipinski definition) is 7. The highest BCUT2D eigenvalue weighted by molar-refractivity contribution is 7.12. The van der Waals surface area contributed by atoms with Crippen LogP contribution < -0.4 is 5.32 Å². The Labute approximate surface area is 142 Å². The van der Waals surface area contributed by atoms with E-state index in [-0.39, 0.29) is 36.0 Å². The van der Waals surface area contributed by atoms with Gasteiger partial charge in [-0.05, 0) is 32.2 Å². The maximum atomic E-state index is 12.2. The van der Waals surface area contributed by atoms with E-state index >= 15 is 0 Å². The van der Waals surface area contributed by atoms with Gasteiger partial charge in [0.15, 0.2) is 0 Å². The predicted octanol–water partition coefficient (Wildman–Crippen LogP) is 3.26. The van der Waals surface area contributed by atoms with Crippen molar-refractivity contribution in [1.82, 2.24) is 0 Å². The highest BCUT2D eigenvalue weighted by Crippen LogP contribution is 2.29. The van der Waals surface area contributed by atoms with E-state index < -0.39 is 17.8 Å². The number of ether oxygens (including phenoxy) is 2. The van der Waals surface area contributed by atoms with Gasteiger partial charge >= 0.3 is 11.9 Å². The van der Waals surface area contributed by atoms with E-state index in [1.807, 2.05) is 0 Å². The van der Waals surface area contributed by atoms with Gasteiger partial charge in [0.2, 0.25) is 5.88 Å². The number of carbonyl (C=O) groups is 3. The number of aryl methyl sites for hydroxylation is 1. The number of furan rings is 1. The summed E-state index contributed by atoms with van der Waals surface area (Å²) in [6.07, 6.45) is 0. The van der Waals surface area contributed by atoms with E-state index in [9.17, 15) is 14.4 Å². The van der Waals surface area contributed by atoms with Crippen LogP contribution in [0.4, 0.5) is 5.88 Å². The molecule has 2 heterocycles. The molecule has 0 radical (unpaired) electrons. The van der Waals surface area contributed by atoms with Crippen molar-refractivity contribution in [2.45, 2.75) is 20.8 Å². The third-order valence-electron chi connectivity index (χ3n) is 3.02. The minimum absolute atomic E-state index is 0.0446. The summed E-state index contributed by atoms with van der Waals surface area (Å²) in [5, 5.41) is 4.26. The topological polar surface area (TPSA) is 94.8 Å². The molecule has 2 aromatic heterocycles. The molecular formula is C16H17NO6S. The first kappa shape index (κ1) is 17.7. The molecule has 2 rings (SSSR count). The Bertz CT molecular complexity index is 747. The van der Waals surface area contributed by atoms with Crippen molar-refractivity contribution in [2.24, 2.45) is 0 Å². The molecule has 128 valence electrons. The van der Waals surface area contributed by atoms with Gasteiger partial charge in [0, 0.05) is 0 Å². The van der Waals surface area contributed by atoms with Crippen LogP contribution in [0.15, 0.2) is 21.9 Å². The van der Waals surface area contributed by atoms with Gasteiger partial charge in [-0.1, -0.05) is 6.07 Å². The largest absolute Gasteiger partial charge is 0.462 e. The molecule has 0 aliphatic rings. The van der Waals surface area contributed by atoms with Crippen LogP contribution in [0.25, 0.3) is 0 Å². The minimum Gasteiger partial charge on any atom is -0.462 e. The second-order valence-electron chi connectivity index (χ2n) is 4.61. The lowest BCUT2D eigenvalue weighted by Crippen LogP contribution is -2.17. The van der Waals surface area contributed by atoms with Crippen LogP contribution in [0.1, 0.15) is 50.0 Å². The Morgan fingerprint density at radius 3 is 2.29 bits per heavy atom. The summed E-state index contributed by atoms with van der Waals surface area (Å²) in [5.74, 6) is -1.89. The maximum Gasteiger partial charge on any atom is 0.344 e. The van der Waals surface area contributed by atoms with Crippen molar-refractivity contribution in [2.75, 3.05) is 18.5 Å². The van der Waals surface area contributed by atoms with E-state index in [4.69, 9.17) is 13.9 Å². The molecule has 0 aromatic carbocycles. The van der Waals surface area contributed by atoms with Gasteiger partial charge in [0.1, 0.15) is 16.9 Å². The molecule has 7 nitrogen and oxygen atoms in total. The monoisotopic (exact) mass is 351 g/mol. The Morgan fingerprint density at radius 1 is 1.12 bits per heavy atom. The normalized spacial score (nSPS) is 10.3. The molecule has 0 saturated carbocycles. The standard InChI is InChI=1S/C16H17NO6S/c1-4-21-15(19)11-9(3)23-14(12(11)16(20)22-5-2)17-13(18)10-7-6-8-24-10/h6-8H,4-5H2,1-3H3,(H,17,18). The minimum atomic E-state index is -0.765. The molecule has 24 heavy (non-hydrogen) atoms. The van der Waals surface area contributed by atoms with Gasteiger partial charge in [-0.25, -0.2) is 9.59 Å². The fraction of sp³-hybridized carbons (Fsp3) is 0.312. The van der Waals surface area contributed by atoms with E-state index in [2.05, 4.69) is 5.32 Å². The fourth-order valence-electron chi connectivity index (χ4n) is 2.05. The quantitative estimate of drug-likeness (QED) is 0.803. The molecule has 0 aliphatic heterocycles. The zero-order chi connectivity index (χ0) is 17.7. The van der Waals surface area contributed by atoms with Crippen LogP contribution in [0.3, 0.4) is 0 Å². The lowest BCUT2D eigenvalue weighted by atomic mass is 10.1. The molecule has 1 amide bonds. The highest BCUT2D eigenvalue weighted by atomic mass is 32.1. The summed E-state index contributed by atoms with van der Waals surface area (Å²) in [4.78, 5) is 37.0. The first-order valence-electron chi connectivity index (χ1n) is 7.32. The summed E-state index contributed by atoms with van der Waals surface area (Å²) in [6, 6.07) is 3.36. The molecule has 2 aromatic rings. The van der Waals surface area contributed by atoms with Gasteiger partial charge < -0.3 is 13.9 Å². The highest BCUT2D eigenvalue weighted by Gasteiger charge is 2.31. The summed E-state index contributed by atoms with van der Waals surface area (Å²) in [5.41, 5.74) is -0.186. The number of esters is 2. The Hall–Kier alpha value is -2.61. The zero-order valence-corrected chi connectivity index (χ0v) is 14.3. The van der Waals surface area contributed by atoms with E-state index in [0.717, 1.165) is 0 Å². The number of amides is 1. The number of nitrogens with one attached hydrogen (secondary N) is 1. The summed E-state index contributed by atoms with van der Waals surface area (Å²) in [7, 11) is 0. The number of thiophene rings is 1. The molecule has 0 saturated heterocycles. The summed E-state index contributed by atoms with van der Waals surface area (Å²) in [6.45, 7) is 5.05. The van der Waals surface area contributed by atoms with Gasteiger partial charge in [-0.3, -0.25) is 10.1 Å². The average Bonchev–Trinajstić information content (AvgIpc) is 3.15. The molecular weight excluding hydrogens is 334 g/mol. The zero-order valence-electron chi connectivity index (χ0n) is 13.5. The lowest BCUT2D eigenvalue weighted by molar-refractivity contribution is 0.0480. The Morgan fingerprint density at radius 2 is 1.75 bits per heavy atom. The Kier molecular flexibility index (Phi) is 5.75. The van der Waals surface area contributed by atoms with E-state index in [1.165, 1.54) is 18.3 Å². The molecule has 8 heteroatoms. The molecule has 0 atom stereocenters. The van der Waals surface area contributed by atoms with Crippen LogP contribution >= 0.6 is 11.3 Å². The number of hydrogen-bond donors (Lipinski definition) is 1. The van der Waals surface area contributed by atoms with Crippen LogP contribution in [-0.2, 0) is 9.47 Å². The summed E-state index contributed by atoms with van der Waals surface area (Å²) >= 11 is 1.24. The molecule has 0 bridgehead atoms. The van der Waals surface area contributed by atoms with Gasteiger partial charge in [-0.15, -0.1) is 11.3 Å². The van der Waals surface area contributed by atoms with Crippen LogP contribution in [0.2, 0.25) is 0 Å². The van der Waals surface area contributed by atoms with Crippen molar-refractivity contribution in [3.05, 3.63) is 39.3 Å². The predicted molar refractivity (Wildman–Crippen MR) is 87.6 cm³/mol.